The molecule has 0 radical (unpaired) electrons. The Morgan fingerprint density at radius 3 is 2.57 bits per heavy atom. The Kier molecular flexibility index (Phi) is 4.62. The molecular weight excluding hydrogens is 264 g/mol. The summed E-state index contributed by atoms with van der Waals surface area (Å²) in [5, 5.41) is 8.83. The number of ether oxygens (including phenoxy) is 1. The second-order valence-electron chi connectivity index (χ2n) is 4.63. The average Bonchev–Trinajstić information content (AvgIpc) is 2.53. The van der Waals surface area contributed by atoms with E-state index in [0.29, 0.717) is 23.7 Å². The van der Waals surface area contributed by atoms with Gasteiger partial charge < -0.3 is 15.4 Å². The van der Waals surface area contributed by atoms with E-state index in [1.807, 2.05) is 37.1 Å². The number of benzene rings is 1. The van der Waals surface area contributed by atoms with E-state index >= 15 is 0 Å². The Hall–Kier alpha value is -2.74. The highest BCUT2D eigenvalue weighted by atomic mass is 16.5. The normalized spacial score (nSPS) is 9.95. The molecule has 0 aliphatic carbocycles. The molecule has 2 N–H and O–H groups in total. The highest BCUT2D eigenvalue weighted by Gasteiger charge is 2.09. The summed E-state index contributed by atoms with van der Waals surface area (Å²) in [4.78, 5) is 6.36. The first-order valence-corrected chi connectivity index (χ1v) is 6.79. The predicted octanol–water partition coefficient (Wildman–Crippen LogP) is 3.09. The van der Waals surface area contributed by atoms with Crippen molar-refractivity contribution in [3.8, 4) is 11.9 Å². The largest absolute Gasteiger partial charge is 0.476 e. The van der Waals surface area contributed by atoms with E-state index in [-0.39, 0.29) is 0 Å². The van der Waals surface area contributed by atoms with E-state index in [0.717, 1.165) is 17.9 Å². The summed E-state index contributed by atoms with van der Waals surface area (Å²) in [6.45, 7) is 2.62. The summed E-state index contributed by atoms with van der Waals surface area (Å²) in [5.74, 6) is 1.19. The molecule has 0 atom stereocenters. The monoisotopic (exact) mass is 282 g/mol. The quantitative estimate of drug-likeness (QED) is 0.912. The Morgan fingerprint density at radius 2 is 1.95 bits per heavy atom. The van der Waals surface area contributed by atoms with Crippen molar-refractivity contribution in [2.75, 3.05) is 24.3 Å². The van der Waals surface area contributed by atoms with E-state index in [9.17, 15) is 0 Å². The maximum Gasteiger partial charge on any atom is 0.239 e. The van der Waals surface area contributed by atoms with Crippen LogP contribution in [0.4, 0.5) is 17.2 Å². The minimum absolute atomic E-state index is 0.454. The predicted molar refractivity (Wildman–Crippen MR) is 83.7 cm³/mol. The smallest absolute Gasteiger partial charge is 0.239 e. The number of nitrogen functional groups attached to an aromatic ring is 1. The highest BCUT2D eigenvalue weighted by molar-refractivity contribution is 5.63. The molecular formula is C16H18N4O. The van der Waals surface area contributed by atoms with Crippen LogP contribution in [-0.4, -0.2) is 18.6 Å². The number of rotatable bonds is 5. The van der Waals surface area contributed by atoms with Gasteiger partial charge in [0, 0.05) is 12.7 Å². The van der Waals surface area contributed by atoms with Gasteiger partial charge in [-0.1, -0.05) is 6.92 Å². The first kappa shape index (κ1) is 14.7. The zero-order chi connectivity index (χ0) is 15.2. The SMILES string of the molecule is CCCOc1nc(N(C)c2ccc(C#N)cc2)ccc1N. The van der Waals surface area contributed by atoms with Gasteiger partial charge in [0.25, 0.3) is 0 Å². The van der Waals surface area contributed by atoms with Gasteiger partial charge >= 0.3 is 0 Å². The summed E-state index contributed by atoms with van der Waals surface area (Å²) >= 11 is 0. The summed E-state index contributed by atoms with van der Waals surface area (Å²) in [6.07, 6.45) is 0.900. The van der Waals surface area contributed by atoms with E-state index in [4.69, 9.17) is 15.7 Å². The molecule has 1 aromatic carbocycles. The van der Waals surface area contributed by atoms with Crippen LogP contribution in [0.5, 0.6) is 5.88 Å². The van der Waals surface area contributed by atoms with Crippen molar-refractivity contribution in [1.82, 2.24) is 4.98 Å². The van der Waals surface area contributed by atoms with Gasteiger partial charge in [0.05, 0.1) is 23.9 Å². The number of nitrogens with zero attached hydrogens (tertiary/aromatic N) is 3. The Balaban J connectivity index is 2.25. The number of aromatic nitrogens is 1. The van der Waals surface area contributed by atoms with Crippen molar-refractivity contribution >= 4 is 17.2 Å². The van der Waals surface area contributed by atoms with Crippen molar-refractivity contribution in [1.29, 1.82) is 5.26 Å². The lowest BCUT2D eigenvalue weighted by atomic mass is 10.2. The molecule has 0 spiro atoms. The van der Waals surface area contributed by atoms with Gasteiger partial charge in [-0.2, -0.15) is 10.2 Å². The van der Waals surface area contributed by atoms with Crippen LogP contribution >= 0.6 is 0 Å². The van der Waals surface area contributed by atoms with Crippen LogP contribution in [0, 0.1) is 11.3 Å². The summed E-state index contributed by atoms with van der Waals surface area (Å²) < 4.78 is 5.54. The molecule has 0 unspecified atom stereocenters. The molecule has 0 aliphatic heterocycles. The fourth-order valence-corrected chi connectivity index (χ4v) is 1.83. The third kappa shape index (κ3) is 3.42. The number of anilines is 3. The van der Waals surface area contributed by atoms with Crippen LogP contribution in [-0.2, 0) is 0 Å². The number of nitrogens with two attached hydrogens (primary N) is 1. The Bertz CT molecular complexity index is 646. The lowest BCUT2D eigenvalue weighted by Crippen LogP contribution is -2.12. The highest BCUT2D eigenvalue weighted by Crippen LogP contribution is 2.27. The van der Waals surface area contributed by atoms with Crippen LogP contribution in [0.25, 0.3) is 0 Å². The molecule has 2 aromatic rings. The van der Waals surface area contributed by atoms with Crippen LogP contribution in [0.15, 0.2) is 36.4 Å². The van der Waals surface area contributed by atoms with Crippen molar-refractivity contribution in [3.05, 3.63) is 42.0 Å². The van der Waals surface area contributed by atoms with E-state index in [2.05, 4.69) is 11.1 Å². The third-order valence-corrected chi connectivity index (χ3v) is 3.05. The van der Waals surface area contributed by atoms with Gasteiger partial charge in [0.15, 0.2) is 0 Å². The van der Waals surface area contributed by atoms with Crippen LogP contribution < -0.4 is 15.4 Å². The fraction of sp³-hybridized carbons (Fsp3) is 0.250. The minimum atomic E-state index is 0.454. The average molecular weight is 282 g/mol. The molecule has 0 saturated heterocycles. The molecule has 5 heteroatoms. The maximum absolute atomic E-state index is 8.83. The van der Waals surface area contributed by atoms with Crippen LogP contribution in [0.1, 0.15) is 18.9 Å². The second-order valence-corrected chi connectivity index (χ2v) is 4.63. The summed E-state index contributed by atoms with van der Waals surface area (Å²) in [6, 6.07) is 13.0. The van der Waals surface area contributed by atoms with E-state index < -0.39 is 0 Å². The first-order chi connectivity index (χ1) is 10.2. The minimum Gasteiger partial charge on any atom is -0.476 e. The molecule has 0 bridgehead atoms. The maximum atomic E-state index is 8.83. The van der Waals surface area contributed by atoms with Gasteiger partial charge in [-0.3, -0.25) is 0 Å². The van der Waals surface area contributed by atoms with Gasteiger partial charge in [-0.15, -0.1) is 0 Å². The number of nitriles is 1. The van der Waals surface area contributed by atoms with E-state index in [1.54, 1.807) is 18.2 Å². The van der Waals surface area contributed by atoms with E-state index in [1.165, 1.54) is 0 Å². The van der Waals surface area contributed by atoms with Crippen molar-refractivity contribution in [3.63, 3.8) is 0 Å². The lowest BCUT2D eigenvalue weighted by Gasteiger charge is -2.19. The van der Waals surface area contributed by atoms with Crippen LogP contribution in [0.2, 0.25) is 0 Å². The molecule has 0 aliphatic rings. The Morgan fingerprint density at radius 1 is 1.24 bits per heavy atom. The molecule has 108 valence electrons. The molecule has 1 aromatic heterocycles. The summed E-state index contributed by atoms with van der Waals surface area (Å²) in [5.41, 5.74) is 7.96. The van der Waals surface area contributed by atoms with Gasteiger partial charge in [0.1, 0.15) is 5.82 Å². The zero-order valence-corrected chi connectivity index (χ0v) is 12.2. The molecule has 1 heterocycles. The van der Waals surface area contributed by atoms with Crippen LogP contribution in [0.3, 0.4) is 0 Å². The van der Waals surface area contributed by atoms with Crippen molar-refractivity contribution < 1.29 is 4.74 Å². The lowest BCUT2D eigenvalue weighted by molar-refractivity contribution is 0.307. The number of pyridine rings is 1. The first-order valence-electron chi connectivity index (χ1n) is 6.79. The Labute approximate surface area is 124 Å². The molecule has 5 nitrogen and oxygen atoms in total. The fourth-order valence-electron chi connectivity index (χ4n) is 1.83. The standard InChI is InChI=1S/C16H18N4O/c1-3-10-21-16-14(18)8-9-15(19-16)20(2)13-6-4-12(11-17)5-7-13/h4-9H,3,10,18H2,1-2H3. The summed E-state index contributed by atoms with van der Waals surface area (Å²) in [7, 11) is 1.91. The number of hydrogen-bond acceptors (Lipinski definition) is 5. The van der Waals surface area contributed by atoms with Crippen molar-refractivity contribution in [2.24, 2.45) is 0 Å². The van der Waals surface area contributed by atoms with Crippen molar-refractivity contribution in [2.45, 2.75) is 13.3 Å². The molecule has 0 amide bonds. The molecule has 21 heavy (non-hydrogen) atoms. The third-order valence-electron chi connectivity index (χ3n) is 3.05. The molecule has 0 saturated carbocycles. The molecule has 0 fully saturated rings. The molecule has 2 rings (SSSR count). The zero-order valence-electron chi connectivity index (χ0n) is 12.2. The second kappa shape index (κ2) is 6.62. The van der Waals surface area contributed by atoms with Gasteiger partial charge in [0.2, 0.25) is 5.88 Å². The van der Waals surface area contributed by atoms with Gasteiger partial charge in [-0.25, -0.2) is 0 Å². The topological polar surface area (TPSA) is 75.2 Å². The number of hydrogen-bond donors (Lipinski definition) is 1. The van der Waals surface area contributed by atoms with Gasteiger partial charge in [-0.05, 0) is 42.8 Å².